The molecule has 1 aliphatic rings. The zero-order valence-electron chi connectivity index (χ0n) is 16.0. The fourth-order valence-corrected chi connectivity index (χ4v) is 3.62. The molecule has 1 N–H and O–H groups in total. The van der Waals surface area contributed by atoms with Crippen LogP contribution in [0.2, 0.25) is 0 Å². The molecule has 1 aromatic carbocycles. The minimum atomic E-state index is -3.75. The number of rotatable bonds is 5. The summed E-state index contributed by atoms with van der Waals surface area (Å²) in [4.78, 5) is 4.25. The van der Waals surface area contributed by atoms with Gasteiger partial charge in [0, 0.05) is 11.7 Å². The molecule has 0 aliphatic carbocycles. The first-order chi connectivity index (χ1) is 12.5. The lowest BCUT2D eigenvalue weighted by Crippen LogP contribution is -2.41. The predicted octanol–water partition coefficient (Wildman–Crippen LogP) is 2.19. The van der Waals surface area contributed by atoms with E-state index in [9.17, 15) is 8.42 Å². The van der Waals surface area contributed by atoms with Gasteiger partial charge in [-0.15, -0.1) is 0 Å². The molecule has 0 amide bonds. The third-order valence-electron chi connectivity index (χ3n) is 4.91. The van der Waals surface area contributed by atoms with Crippen LogP contribution in [0.5, 0.6) is 5.75 Å². The molecule has 144 valence electrons. The van der Waals surface area contributed by atoms with E-state index >= 15 is 0 Å². The molecule has 1 fully saturated rings. The van der Waals surface area contributed by atoms with E-state index in [1.165, 1.54) is 25.4 Å². The number of benzene rings is 1. The molecule has 9 heteroatoms. The number of hydrogen-bond donors (Lipinski definition) is 1. The first-order valence-electron chi connectivity index (χ1n) is 8.51. The second-order valence-electron chi connectivity index (χ2n) is 7.38. The average molecular weight is 390 g/mol. The number of anilines is 1. The predicted molar refractivity (Wildman–Crippen MR) is 104 cm³/mol. The molecular formula is C18H23BN2O5S. The molecule has 0 radical (unpaired) electrons. The van der Waals surface area contributed by atoms with Gasteiger partial charge in [-0.1, -0.05) is 0 Å². The summed E-state index contributed by atoms with van der Waals surface area (Å²) in [6, 6.07) is 7.80. The molecule has 0 atom stereocenters. The molecule has 7 nitrogen and oxygen atoms in total. The molecule has 1 aromatic heterocycles. The summed E-state index contributed by atoms with van der Waals surface area (Å²) in [5, 5.41) is 0. The Labute approximate surface area is 160 Å². The van der Waals surface area contributed by atoms with Crippen LogP contribution < -0.4 is 14.9 Å². The summed E-state index contributed by atoms with van der Waals surface area (Å²) in [5.41, 5.74) is -0.00591. The van der Waals surface area contributed by atoms with E-state index in [1.807, 2.05) is 27.7 Å². The highest BCUT2D eigenvalue weighted by Crippen LogP contribution is 2.36. The Morgan fingerprint density at radius 1 is 1.04 bits per heavy atom. The summed E-state index contributed by atoms with van der Waals surface area (Å²) in [7, 11) is -2.85. The van der Waals surface area contributed by atoms with Gasteiger partial charge in [0.15, 0.2) is 0 Å². The van der Waals surface area contributed by atoms with Crippen molar-refractivity contribution in [3.63, 3.8) is 0 Å². The van der Waals surface area contributed by atoms with Gasteiger partial charge in [0.2, 0.25) is 0 Å². The number of aromatic nitrogens is 1. The number of methoxy groups -OCH3 is 1. The van der Waals surface area contributed by atoms with Gasteiger partial charge in [-0.25, -0.2) is 8.42 Å². The molecule has 27 heavy (non-hydrogen) atoms. The van der Waals surface area contributed by atoms with Crippen molar-refractivity contribution < 1.29 is 22.5 Å². The zero-order chi connectivity index (χ0) is 19.9. The standard InChI is InChI=1S/C18H23BN2O5S/c1-17(2)18(3,4)26-19(25-17)13-10-14(12-20-11-13)21-27(22,23)16-8-6-15(24-5)7-9-16/h6-12,21H,1-5H3. The minimum absolute atomic E-state index is 0.129. The highest BCUT2D eigenvalue weighted by molar-refractivity contribution is 7.92. The molecule has 0 unspecified atom stereocenters. The smallest absolute Gasteiger partial charge is 0.496 e. The van der Waals surface area contributed by atoms with Crippen LogP contribution in [0.4, 0.5) is 5.69 Å². The summed E-state index contributed by atoms with van der Waals surface area (Å²) < 4.78 is 44.8. The molecule has 0 spiro atoms. The number of nitrogens with one attached hydrogen (secondary N) is 1. The zero-order valence-corrected chi connectivity index (χ0v) is 16.8. The fraction of sp³-hybridized carbons (Fsp3) is 0.389. The molecule has 2 heterocycles. The monoisotopic (exact) mass is 390 g/mol. The van der Waals surface area contributed by atoms with Gasteiger partial charge < -0.3 is 14.0 Å². The maximum atomic E-state index is 12.6. The fourth-order valence-electron chi connectivity index (χ4n) is 2.59. The van der Waals surface area contributed by atoms with Crippen LogP contribution in [0, 0.1) is 0 Å². The van der Waals surface area contributed by atoms with E-state index in [0.29, 0.717) is 16.9 Å². The quantitative estimate of drug-likeness (QED) is 0.788. The Bertz CT molecular complexity index is 913. The van der Waals surface area contributed by atoms with E-state index in [-0.39, 0.29) is 4.90 Å². The number of pyridine rings is 1. The van der Waals surface area contributed by atoms with E-state index < -0.39 is 28.3 Å². The molecule has 0 bridgehead atoms. The van der Waals surface area contributed by atoms with Gasteiger partial charge in [-0.3, -0.25) is 9.71 Å². The van der Waals surface area contributed by atoms with Crippen molar-refractivity contribution >= 4 is 28.3 Å². The lowest BCUT2D eigenvalue weighted by Gasteiger charge is -2.32. The highest BCUT2D eigenvalue weighted by atomic mass is 32.2. The first-order valence-corrected chi connectivity index (χ1v) is 10.00. The number of ether oxygens (including phenoxy) is 1. The van der Waals surface area contributed by atoms with Crippen LogP contribution in [0.25, 0.3) is 0 Å². The summed E-state index contributed by atoms with van der Waals surface area (Å²) in [6.07, 6.45) is 3.04. The Morgan fingerprint density at radius 2 is 1.63 bits per heavy atom. The van der Waals surface area contributed by atoms with Gasteiger partial charge in [0.05, 0.1) is 35.1 Å². The van der Waals surface area contributed by atoms with E-state index in [1.54, 1.807) is 24.4 Å². The molecule has 1 saturated heterocycles. The number of sulfonamides is 1. The molecule has 3 rings (SSSR count). The van der Waals surface area contributed by atoms with Gasteiger partial charge in [0.25, 0.3) is 10.0 Å². The van der Waals surface area contributed by atoms with E-state index in [0.717, 1.165) is 0 Å². The normalized spacial score (nSPS) is 18.3. The summed E-state index contributed by atoms with van der Waals surface area (Å²) >= 11 is 0. The van der Waals surface area contributed by atoms with Gasteiger partial charge in [0.1, 0.15) is 5.75 Å². The third-order valence-corrected chi connectivity index (χ3v) is 6.30. The van der Waals surface area contributed by atoms with Crippen LogP contribution in [0.3, 0.4) is 0 Å². The first kappa shape index (κ1) is 19.7. The number of hydrogen-bond acceptors (Lipinski definition) is 6. The van der Waals surface area contributed by atoms with Crippen molar-refractivity contribution in [3.05, 3.63) is 42.7 Å². The maximum Gasteiger partial charge on any atom is 0.496 e. The Kier molecular flexibility index (Phi) is 4.96. The average Bonchev–Trinajstić information content (AvgIpc) is 2.82. The maximum absolute atomic E-state index is 12.6. The molecule has 0 saturated carbocycles. The minimum Gasteiger partial charge on any atom is -0.497 e. The summed E-state index contributed by atoms with van der Waals surface area (Å²) in [6.45, 7) is 7.82. The van der Waals surface area contributed by atoms with Crippen molar-refractivity contribution in [2.45, 2.75) is 43.8 Å². The van der Waals surface area contributed by atoms with Crippen molar-refractivity contribution in [2.75, 3.05) is 11.8 Å². The van der Waals surface area contributed by atoms with Gasteiger partial charge in [-0.2, -0.15) is 0 Å². The van der Waals surface area contributed by atoms with Crippen molar-refractivity contribution in [3.8, 4) is 5.75 Å². The molecule has 1 aliphatic heterocycles. The van der Waals surface area contributed by atoms with Crippen LogP contribution in [0.15, 0.2) is 47.6 Å². The Balaban J connectivity index is 1.82. The number of nitrogens with zero attached hydrogens (tertiary/aromatic N) is 1. The Hall–Kier alpha value is -2.10. The molecule has 2 aromatic rings. The van der Waals surface area contributed by atoms with E-state index in [4.69, 9.17) is 14.0 Å². The van der Waals surface area contributed by atoms with E-state index in [2.05, 4.69) is 9.71 Å². The lowest BCUT2D eigenvalue weighted by molar-refractivity contribution is 0.00578. The lowest BCUT2D eigenvalue weighted by atomic mass is 9.80. The molecular weight excluding hydrogens is 367 g/mol. The second kappa shape index (κ2) is 6.81. The SMILES string of the molecule is COc1ccc(S(=O)(=O)Nc2cncc(B3OC(C)(C)C(C)(C)O3)c2)cc1. The van der Waals surface area contributed by atoms with Crippen LogP contribution >= 0.6 is 0 Å². The highest BCUT2D eigenvalue weighted by Gasteiger charge is 2.51. The van der Waals surface area contributed by atoms with Crippen LogP contribution in [-0.2, 0) is 19.3 Å². The van der Waals surface area contributed by atoms with Crippen molar-refractivity contribution in [1.82, 2.24) is 4.98 Å². The van der Waals surface area contributed by atoms with Gasteiger partial charge >= 0.3 is 7.12 Å². The Morgan fingerprint density at radius 3 is 2.19 bits per heavy atom. The van der Waals surface area contributed by atoms with Gasteiger partial charge in [-0.05, 0) is 58.0 Å². The summed E-state index contributed by atoms with van der Waals surface area (Å²) in [5.74, 6) is 0.582. The van der Waals surface area contributed by atoms with Crippen LogP contribution in [-0.4, -0.2) is 38.8 Å². The largest absolute Gasteiger partial charge is 0.497 e. The second-order valence-corrected chi connectivity index (χ2v) is 9.06. The van der Waals surface area contributed by atoms with Crippen molar-refractivity contribution in [1.29, 1.82) is 0 Å². The van der Waals surface area contributed by atoms with Crippen LogP contribution in [0.1, 0.15) is 27.7 Å². The topological polar surface area (TPSA) is 86.8 Å². The third kappa shape index (κ3) is 3.95. The van der Waals surface area contributed by atoms with Crippen molar-refractivity contribution in [2.24, 2.45) is 0 Å².